The van der Waals surface area contributed by atoms with Crippen LogP contribution in [0.4, 0.5) is 0 Å². The molecule has 0 atom stereocenters. The Morgan fingerprint density at radius 2 is 1.75 bits per heavy atom. The molecule has 0 fully saturated rings. The second-order valence-electron chi connectivity index (χ2n) is 10.1. The number of amides is 1. The molecule has 0 aliphatic heterocycles. The molecule has 214 valence electrons. The zero-order valence-electron chi connectivity index (χ0n) is 22.7. The molecular formula is C30H37ClN3O5P. The number of nitrogen functional groups attached to an aromatic ring is 1. The average Bonchev–Trinajstić information content (AvgIpc) is 3.26. The molecule has 4 rings (SSSR count). The first-order valence-corrected chi connectivity index (χ1v) is 15.9. The van der Waals surface area contributed by atoms with Crippen LogP contribution < -0.4 is 16.0 Å². The maximum Gasteiger partial charge on any atom is 0.325 e. The Morgan fingerprint density at radius 3 is 2.45 bits per heavy atom. The Balaban J connectivity index is 1.89. The minimum absolute atomic E-state index is 0.131. The molecule has 0 saturated heterocycles. The van der Waals surface area contributed by atoms with Gasteiger partial charge in [-0.25, -0.2) is 5.84 Å². The molecule has 0 radical (unpaired) electrons. The van der Waals surface area contributed by atoms with Crippen molar-refractivity contribution >= 4 is 46.9 Å². The Kier molecular flexibility index (Phi) is 10.3. The molecule has 0 aliphatic carbocycles. The van der Waals surface area contributed by atoms with Gasteiger partial charge >= 0.3 is 7.60 Å². The zero-order valence-corrected chi connectivity index (χ0v) is 24.4. The van der Waals surface area contributed by atoms with Gasteiger partial charge in [-0.1, -0.05) is 68.5 Å². The monoisotopic (exact) mass is 585 g/mol. The number of nitrogens with one attached hydrogen (secondary N) is 1. The lowest BCUT2D eigenvalue weighted by molar-refractivity contribution is 0.0955. The first-order chi connectivity index (χ1) is 19.2. The third-order valence-corrected chi connectivity index (χ3v) is 8.26. The van der Waals surface area contributed by atoms with E-state index < -0.39 is 13.5 Å². The maximum absolute atomic E-state index is 12.9. The fourth-order valence-electron chi connectivity index (χ4n) is 5.21. The second-order valence-corrected chi connectivity index (χ2v) is 12.3. The van der Waals surface area contributed by atoms with Crippen molar-refractivity contribution < 1.29 is 23.9 Å². The number of aromatic nitrogens is 1. The fraction of sp³-hybridized carbons (Fsp3) is 0.367. The number of hydrogen-bond donors (Lipinski definition) is 4. The lowest BCUT2D eigenvalue weighted by Crippen LogP contribution is -2.30. The van der Waals surface area contributed by atoms with Gasteiger partial charge in [0.15, 0.2) is 0 Å². The quantitative estimate of drug-likeness (QED) is 0.0436. The van der Waals surface area contributed by atoms with Crippen LogP contribution in [0.1, 0.15) is 66.9 Å². The second kappa shape index (κ2) is 13.7. The van der Waals surface area contributed by atoms with Crippen molar-refractivity contribution in [2.45, 2.75) is 58.4 Å². The summed E-state index contributed by atoms with van der Waals surface area (Å²) in [6.45, 7) is 2.88. The fourth-order valence-corrected chi connectivity index (χ4v) is 5.88. The molecule has 5 N–H and O–H groups in total. The summed E-state index contributed by atoms with van der Waals surface area (Å²) in [6, 6.07) is 17.3. The SMILES string of the molecule is CCCCCCCc1ccc(OCCCP(=O)(O)O)c2c3c(C(=O)NN)cccc3n(Cc3ccc(Cl)cc3)c12. The third kappa shape index (κ3) is 7.25. The van der Waals surface area contributed by atoms with Crippen LogP contribution in [-0.2, 0) is 17.5 Å². The third-order valence-electron chi connectivity index (χ3n) is 7.11. The molecule has 10 heteroatoms. The summed E-state index contributed by atoms with van der Waals surface area (Å²) >= 11 is 6.15. The number of unbranched alkanes of at least 4 members (excludes halogenated alkanes) is 4. The number of rotatable bonds is 14. The highest BCUT2D eigenvalue weighted by atomic mass is 35.5. The standard InChI is InChI=1S/C30H37ClN3O5P/c1-2-3-4-5-6-9-22-14-17-26(39-18-8-19-40(36,37)38)28-27-24(30(35)33-32)10-7-11-25(27)34(29(22)28)20-21-12-15-23(31)16-13-21/h7,10-17H,2-6,8-9,18-20,32H2,1H3,(H,33,35)(H2,36,37,38). The topological polar surface area (TPSA) is 127 Å². The van der Waals surface area contributed by atoms with Crippen molar-refractivity contribution in [3.05, 3.63) is 76.3 Å². The summed E-state index contributed by atoms with van der Waals surface area (Å²) < 4.78 is 19.7. The van der Waals surface area contributed by atoms with Crippen LogP contribution in [0.15, 0.2) is 54.6 Å². The van der Waals surface area contributed by atoms with Crippen LogP contribution >= 0.6 is 19.2 Å². The van der Waals surface area contributed by atoms with E-state index in [0.717, 1.165) is 52.2 Å². The number of carbonyl (C=O) groups is 1. The van der Waals surface area contributed by atoms with Crippen LogP contribution in [0.5, 0.6) is 5.75 Å². The van der Waals surface area contributed by atoms with Gasteiger partial charge in [0.25, 0.3) is 5.91 Å². The molecule has 0 aliphatic rings. The van der Waals surface area contributed by atoms with Gasteiger partial charge in [-0.15, -0.1) is 0 Å². The van der Waals surface area contributed by atoms with Gasteiger partial charge in [0.2, 0.25) is 0 Å². The van der Waals surface area contributed by atoms with E-state index in [0.29, 0.717) is 22.9 Å². The largest absolute Gasteiger partial charge is 0.493 e. The van der Waals surface area contributed by atoms with Crippen LogP contribution in [0.3, 0.4) is 0 Å². The Morgan fingerprint density at radius 1 is 1.00 bits per heavy atom. The molecule has 1 amide bonds. The Labute approximate surface area is 239 Å². The van der Waals surface area contributed by atoms with Gasteiger partial charge in [-0.3, -0.25) is 14.8 Å². The van der Waals surface area contributed by atoms with E-state index in [2.05, 4.69) is 23.0 Å². The normalized spacial score (nSPS) is 11.8. The lowest BCUT2D eigenvalue weighted by atomic mass is 10.00. The van der Waals surface area contributed by atoms with E-state index in [1.165, 1.54) is 19.3 Å². The van der Waals surface area contributed by atoms with Crippen LogP contribution in [0.25, 0.3) is 21.8 Å². The molecule has 0 saturated carbocycles. The number of hydrazine groups is 1. The molecule has 3 aromatic carbocycles. The number of benzene rings is 3. The smallest absolute Gasteiger partial charge is 0.325 e. The predicted molar refractivity (Wildman–Crippen MR) is 161 cm³/mol. The van der Waals surface area contributed by atoms with E-state index in [1.807, 2.05) is 42.5 Å². The number of halogens is 1. The maximum atomic E-state index is 12.9. The van der Waals surface area contributed by atoms with Crippen LogP contribution in [0, 0.1) is 0 Å². The van der Waals surface area contributed by atoms with Crippen molar-refractivity contribution in [2.75, 3.05) is 12.8 Å². The number of nitrogens with zero attached hydrogens (tertiary/aromatic N) is 1. The predicted octanol–water partition coefficient (Wildman–Crippen LogP) is 6.56. The summed E-state index contributed by atoms with van der Waals surface area (Å²) in [5.41, 5.74) is 6.75. The van der Waals surface area contributed by atoms with Gasteiger partial charge in [0.05, 0.1) is 34.8 Å². The molecule has 1 heterocycles. The minimum Gasteiger partial charge on any atom is -0.493 e. The highest BCUT2D eigenvalue weighted by molar-refractivity contribution is 7.51. The van der Waals surface area contributed by atoms with E-state index in [4.69, 9.17) is 22.2 Å². The molecule has 0 bridgehead atoms. The van der Waals surface area contributed by atoms with Gasteiger partial charge in [-0.2, -0.15) is 0 Å². The van der Waals surface area contributed by atoms with Gasteiger partial charge < -0.3 is 19.1 Å². The number of nitrogens with two attached hydrogens (primary N) is 1. The molecule has 0 unspecified atom stereocenters. The molecule has 40 heavy (non-hydrogen) atoms. The summed E-state index contributed by atoms with van der Waals surface area (Å²) in [5.74, 6) is 5.73. The molecule has 0 spiro atoms. The van der Waals surface area contributed by atoms with Crippen molar-refractivity contribution in [1.82, 2.24) is 9.99 Å². The molecule has 1 aromatic heterocycles. The summed E-state index contributed by atoms with van der Waals surface area (Å²) in [4.78, 5) is 31.5. The number of aryl methyl sites for hydroxylation is 1. The van der Waals surface area contributed by atoms with Crippen molar-refractivity contribution in [1.29, 1.82) is 0 Å². The van der Waals surface area contributed by atoms with Gasteiger partial charge in [-0.05, 0) is 60.7 Å². The first kappa shape index (κ1) is 30.1. The van der Waals surface area contributed by atoms with E-state index in [-0.39, 0.29) is 19.2 Å². The number of carbonyl (C=O) groups excluding carboxylic acids is 1. The summed E-state index contributed by atoms with van der Waals surface area (Å²) in [7, 11) is -4.13. The number of ether oxygens (including phenoxy) is 1. The highest BCUT2D eigenvalue weighted by Gasteiger charge is 2.23. The summed E-state index contributed by atoms with van der Waals surface area (Å²) in [6.07, 6.45) is 6.56. The van der Waals surface area contributed by atoms with E-state index in [9.17, 15) is 19.1 Å². The number of hydrogen-bond acceptors (Lipinski definition) is 4. The first-order valence-electron chi connectivity index (χ1n) is 13.7. The van der Waals surface area contributed by atoms with Crippen LogP contribution in [0.2, 0.25) is 5.02 Å². The lowest BCUT2D eigenvalue weighted by Gasteiger charge is -2.14. The zero-order chi connectivity index (χ0) is 28.7. The van der Waals surface area contributed by atoms with Gasteiger partial charge in [0.1, 0.15) is 5.75 Å². The van der Waals surface area contributed by atoms with E-state index in [1.54, 1.807) is 6.07 Å². The molecular weight excluding hydrogens is 549 g/mol. The van der Waals surface area contributed by atoms with Crippen LogP contribution in [-0.4, -0.2) is 33.0 Å². The Bertz CT molecular complexity index is 1510. The highest BCUT2D eigenvalue weighted by Crippen LogP contribution is 2.41. The molecule has 4 aromatic rings. The van der Waals surface area contributed by atoms with Crippen molar-refractivity contribution in [2.24, 2.45) is 5.84 Å². The minimum atomic E-state index is -4.13. The van der Waals surface area contributed by atoms with Gasteiger partial charge in [0, 0.05) is 17.0 Å². The average molecular weight is 586 g/mol. The molecule has 8 nitrogen and oxygen atoms in total. The number of fused-ring (bicyclic) bond motifs is 3. The van der Waals surface area contributed by atoms with Crippen molar-refractivity contribution in [3.63, 3.8) is 0 Å². The van der Waals surface area contributed by atoms with E-state index >= 15 is 0 Å². The Hall–Kier alpha value is -2.87. The summed E-state index contributed by atoms with van der Waals surface area (Å²) in [5, 5.41) is 2.18. The van der Waals surface area contributed by atoms with Crippen molar-refractivity contribution in [3.8, 4) is 5.75 Å².